The number of hydrogen-bond donors (Lipinski definition) is 2. The van der Waals surface area contributed by atoms with Crippen LogP contribution in [0.4, 0.5) is 0 Å². The van der Waals surface area contributed by atoms with Gasteiger partial charge in [-0.2, -0.15) is 0 Å². The summed E-state index contributed by atoms with van der Waals surface area (Å²) in [7, 11) is 2.70. The second-order valence-electron chi connectivity index (χ2n) is 5.97. The van der Waals surface area contributed by atoms with Crippen molar-refractivity contribution >= 4 is 23.8 Å². The van der Waals surface area contributed by atoms with Crippen LogP contribution in [0.1, 0.15) is 64.2 Å². The van der Waals surface area contributed by atoms with Gasteiger partial charge in [-0.3, -0.25) is 19.2 Å². The van der Waals surface area contributed by atoms with Crippen molar-refractivity contribution in [3.05, 3.63) is 0 Å². The zero-order valence-electron chi connectivity index (χ0n) is 15.9. The van der Waals surface area contributed by atoms with Crippen molar-refractivity contribution < 1.29 is 28.7 Å². The summed E-state index contributed by atoms with van der Waals surface area (Å²) < 4.78 is 9.06. The molecule has 0 aliphatic rings. The van der Waals surface area contributed by atoms with Crippen LogP contribution in [-0.4, -0.2) is 51.1 Å². The molecular formula is C18H32N2O6. The first-order chi connectivity index (χ1) is 12.5. The van der Waals surface area contributed by atoms with Crippen molar-refractivity contribution in [1.82, 2.24) is 10.6 Å². The molecule has 0 atom stereocenters. The van der Waals surface area contributed by atoms with Crippen LogP contribution in [0, 0.1) is 0 Å². The molecule has 150 valence electrons. The number of carbonyl (C=O) groups is 4. The summed E-state index contributed by atoms with van der Waals surface area (Å²) in [5.74, 6) is -0.555. The van der Waals surface area contributed by atoms with E-state index in [0.29, 0.717) is 64.5 Å². The van der Waals surface area contributed by atoms with Crippen molar-refractivity contribution in [3.63, 3.8) is 0 Å². The molecule has 0 saturated carbocycles. The smallest absolute Gasteiger partial charge is 0.305 e. The third kappa shape index (κ3) is 15.4. The molecule has 8 heteroatoms. The highest BCUT2D eigenvalue weighted by Crippen LogP contribution is 2.02. The molecule has 0 aromatic rings. The monoisotopic (exact) mass is 372 g/mol. The fraction of sp³-hybridized carbons (Fsp3) is 0.778. The first-order valence-corrected chi connectivity index (χ1v) is 9.16. The Morgan fingerprint density at radius 3 is 1.27 bits per heavy atom. The lowest BCUT2D eigenvalue weighted by molar-refractivity contribution is -0.141. The first kappa shape index (κ1) is 23.9. The second kappa shape index (κ2) is 16.4. The maximum absolute atomic E-state index is 11.6. The fourth-order valence-corrected chi connectivity index (χ4v) is 2.20. The van der Waals surface area contributed by atoms with E-state index in [9.17, 15) is 19.2 Å². The quantitative estimate of drug-likeness (QED) is 0.333. The lowest BCUT2D eigenvalue weighted by Crippen LogP contribution is -2.27. The molecule has 0 aromatic carbocycles. The zero-order valence-corrected chi connectivity index (χ0v) is 15.9. The van der Waals surface area contributed by atoms with Crippen molar-refractivity contribution in [2.75, 3.05) is 27.3 Å². The highest BCUT2D eigenvalue weighted by Gasteiger charge is 2.05. The molecule has 0 spiro atoms. The molecule has 0 rings (SSSR count). The molecule has 0 bridgehead atoms. The van der Waals surface area contributed by atoms with E-state index in [0.717, 1.165) is 12.8 Å². The van der Waals surface area contributed by atoms with Gasteiger partial charge < -0.3 is 20.1 Å². The standard InChI is InChI=1S/C18H32N2O6/c1-25-17(23)11-5-3-9-15(21)19-13-7-8-14-20-16(22)10-4-6-12-18(24)26-2/h3-14H2,1-2H3,(H,19,21)(H,20,22). The summed E-state index contributed by atoms with van der Waals surface area (Å²) in [4.78, 5) is 45.0. The lowest BCUT2D eigenvalue weighted by atomic mass is 10.2. The van der Waals surface area contributed by atoms with Gasteiger partial charge in [-0.15, -0.1) is 0 Å². The van der Waals surface area contributed by atoms with Gasteiger partial charge in [0.1, 0.15) is 0 Å². The predicted molar refractivity (Wildman–Crippen MR) is 96.2 cm³/mol. The minimum atomic E-state index is -0.254. The van der Waals surface area contributed by atoms with Gasteiger partial charge in [0.2, 0.25) is 11.8 Å². The van der Waals surface area contributed by atoms with E-state index in [2.05, 4.69) is 20.1 Å². The maximum atomic E-state index is 11.6. The van der Waals surface area contributed by atoms with Crippen LogP contribution in [0.5, 0.6) is 0 Å². The Balaban J connectivity index is 3.41. The van der Waals surface area contributed by atoms with Gasteiger partial charge in [0.25, 0.3) is 0 Å². The van der Waals surface area contributed by atoms with Gasteiger partial charge in [-0.05, 0) is 38.5 Å². The molecule has 26 heavy (non-hydrogen) atoms. The van der Waals surface area contributed by atoms with Crippen molar-refractivity contribution in [2.45, 2.75) is 64.2 Å². The molecule has 0 radical (unpaired) electrons. The van der Waals surface area contributed by atoms with E-state index in [1.165, 1.54) is 14.2 Å². The molecule has 0 unspecified atom stereocenters. The van der Waals surface area contributed by atoms with Gasteiger partial charge in [0.05, 0.1) is 14.2 Å². The van der Waals surface area contributed by atoms with Gasteiger partial charge >= 0.3 is 11.9 Å². The summed E-state index contributed by atoms with van der Waals surface area (Å²) in [6, 6.07) is 0. The molecule has 0 heterocycles. The average Bonchev–Trinajstić information content (AvgIpc) is 2.64. The Hall–Kier alpha value is -2.12. The first-order valence-electron chi connectivity index (χ1n) is 9.16. The van der Waals surface area contributed by atoms with Crippen LogP contribution in [0.3, 0.4) is 0 Å². The summed E-state index contributed by atoms with van der Waals surface area (Å²) in [5, 5.41) is 5.64. The summed E-state index contributed by atoms with van der Waals surface area (Å²) in [6.45, 7) is 1.15. The van der Waals surface area contributed by atoms with E-state index in [4.69, 9.17) is 0 Å². The molecule has 0 saturated heterocycles. The third-order valence-electron chi connectivity index (χ3n) is 3.77. The minimum Gasteiger partial charge on any atom is -0.469 e. The topological polar surface area (TPSA) is 111 Å². The SMILES string of the molecule is COC(=O)CCCCC(=O)NCCCCNC(=O)CCCCC(=O)OC. The van der Waals surface area contributed by atoms with E-state index >= 15 is 0 Å². The maximum Gasteiger partial charge on any atom is 0.305 e. The number of unbranched alkanes of at least 4 members (excludes halogenated alkanes) is 3. The third-order valence-corrected chi connectivity index (χ3v) is 3.77. The number of carbonyl (C=O) groups excluding carboxylic acids is 4. The number of esters is 2. The number of rotatable bonds is 15. The fourth-order valence-electron chi connectivity index (χ4n) is 2.20. The van der Waals surface area contributed by atoms with Crippen LogP contribution in [-0.2, 0) is 28.7 Å². The van der Waals surface area contributed by atoms with E-state index in [1.54, 1.807) is 0 Å². The molecular weight excluding hydrogens is 340 g/mol. The van der Waals surface area contributed by atoms with Crippen LogP contribution in [0.2, 0.25) is 0 Å². The molecule has 0 fully saturated rings. The van der Waals surface area contributed by atoms with Crippen molar-refractivity contribution in [1.29, 1.82) is 0 Å². The predicted octanol–water partition coefficient (Wildman–Crippen LogP) is 1.47. The average molecular weight is 372 g/mol. The van der Waals surface area contributed by atoms with Crippen LogP contribution in [0.25, 0.3) is 0 Å². The number of methoxy groups -OCH3 is 2. The normalized spacial score (nSPS) is 10.1. The molecule has 0 aliphatic carbocycles. The molecule has 0 aliphatic heterocycles. The number of ether oxygens (including phenoxy) is 2. The number of hydrogen-bond acceptors (Lipinski definition) is 6. The van der Waals surface area contributed by atoms with E-state index in [-0.39, 0.29) is 23.8 Å². The lowest BCUT2D eigenvalue weighted by Gasteiger charge is -2.07. The molecule has 2 amide bonds. The van der Waals surface area contributed by atoms with Gasteiger partial charge in [-0.1, -0.05) is 0 Å². The number of nitrogens with one attached hydrogen (secondary N) is 2. The Morgan fingerprint density at radius 2 is 0.923 bits per heavy atom. The van der Waals surface area contributed by atoms with Gasteiger partial charge in [0, 0.05) is 38.8 Å². The van der Waals surface area contributed by atoms with Crippen LogP contribution >= 0.6 is 0 Å². The minimum absolute atomic E-state index is 0.0236. The van der Waals surface area contributed by atoms with Gasteiger partial charge in [0.15, 0.2) is 0 Å². The zero-order chi connectivity index (χ0) is 19.6. The highest BCUT2D eigenvalue weighted by atomic mass is 16.5. The Kier molecular flexibility index (Phi) is 15.0. The highest BCUT2D eigenvalue weighted by molar-refractivity contribution is 5.76. The summed E-state index contributed by atoms with van der Waals surface area (Å²) in [6.07, 6.45) is 5.67. The van der Waals surface area contributed by atoms with Crippen LogP contribution < -0.4 is 10.6 Å². The van der Waals surface area contributed by atoms with Crippen molar-refractivity contribution in [2.24, 2.45) is 0 Å². The Bertz CT molecular complexity index is 399. The van der Waals surface area contributed by atoms with Crippen molar-refractivity contribution in [3.8, 4) is 0 Å². The molecule has 8 nitrogen and oxygen atoms in total. The summed E-state index contributed by atoms with van der Waals surface area (Å²) in [5.41, 5.74) is 0. The van der Waals surface area contributed by atoms with E-state index in [1.807, 2.05) is 0 Å². The Labute approximate surface area is 155 Å². The molecule has 0 aromatic heterocycles. The largest absolute Gasteiger partial charge is 0.469 e. The second-order valence-corrected chi connectivity index (χ2v) is 5.97. The number of amides is 2. The van der Waals surface area contributed by atoms with Gasteiger partial charge in [-0.25, -0.2) is 0 Å². The van der Waals surface area contributed by atoms with E-state index < -0.39 is 0 Å². The Morgan fingerprint density at radius 1 is 0.577 bits per heavy atom. The summed E-state index contributed by atoms with van der Waals surface area (Å²) >= 11 is 0. The van der Waals surface area contributed by atoms with Crippen LogP contribution in [0.15, 0.2) is 0 Å². The molecule has 2 N–H and O–H groups in total.